The third-order valence-corrected chi connectivity index (χ3v) is 4.91. The highest BCUT2D eigenvalue weighted by Crippen LogP contribution is 2.43. The molecule has 0 atom stereocenters. The van der Waals surface area contributed by atoms with Crippen LogP contribution in [0.1, 0.15) is 22.8 Å². The molecule has 3 aromatic rings. The molecule has 0 aliphatic carbocycles. The smallest absolute Gasteiger partial charge is 0.344 e. The predicted octanol–water partition coefficient (Wildman–Crippen LogP) is 2.88. The van der Waals surface area contributed by atoms with Crippen LogP contribution in [0.25, 0.3) is 21.7 Å². The van der Waals surface area contributed by atoms with E-state index >= 15 is 0 Å². The lowest BCUT2D eigenvalue weighted by atomic mass is 9.97. The Hall–Kier alpha value is -2.77. The lowest BCUT2D eigenvalue weighted by Gasteiger charge is -2.27. The molecule has 142 valence electrons. The Morgan fingerprint density at radius 1 is 1.26 bits per heavy atom. The Morgan fingerprint density at radius 3 is 2.67 bits per heavy atom. The zero-order chi connectivity index (χ0) is 19.0. The molecule has 0 amide bonds. The lowest BCUT2D eigenvalue weighted by Crippen LogP contribution is -2.35. The van der Waals surface area contributed by atoms with Crippen molar-refractivity contribution < 1.29 is 23.8 Å². The Labute approximate surface area is 156 Å². The van der Waals surface area contributed by atoms with E-state index in [4.69, 9.17) is 19.6 Å². The van der Waals surface area contributed by atoms with Crippen molar-refractivity contribution in [2.45, 2.75) is 13.5 Å². The van der Waals surface area contributed by atoms with Crippen LogP contribution < -0.4 is 5.73 Å². The van der Waals surface area contributed by atoms with Gasteiger partial charge in [-0.15, -0.1) is 0 Å². The highest BCUT2D eigenvalue weighted by atomic mass is 16.5. The van der Waals surface area contributed by atoms with Gasteiger partial charge in [0.05, 0.1) is 19.8 Å². The Morgan fingerprint density at radius 2 is 1.96 bits per heavy atom. The topological polar surface area (TPSA) is 98.2 Å². The van der Waals surface area contributed by atoms with Gasteiger partial charge in [0.25, 0.3) is 0 Å². The van der Waals surface area contributed by atoms with E-state index in [9.17, 15) is 9.90 Å². The molecule has 0 spiro atoms. The molecule has 7 nitrogen and oxygen atoms in total. The molecular formula is C20H22N2O5. The van der Waals surface area contributed by atoms with Crippen molar-refractivity contribution in [1.82, 2.24) is 4.90 Å². The first-order chi connectivity index (χ1) is 13.1. The Bertz CT molecular complexity index is 1000. The first kappa shape index (κ1) is 17.6. The number of hydrogen-bond donors (Lipinski definition) is 2. The Kier molecular flexibility index (Phi) is 4.63. The predicted molar refractivity (Wildman–Crippen MR) is 102 cm³/mol. The van der Waals surface area contributed by atoms with Crippen molar-refractivity contribution in [2.24, 2.45) is 0 Å². The van der Waals surface area contributed by atoms with E-state index in [0.717, 1.165) is 13.1 Å². The summed E-state index contributed by atoms with van der Waals surface area (Å²) in [4.78, 5) is 14.7. The molecule has 27 heavy (non-hydrogen) atoms. The monoisotopic (exact) mass is 370 g/mol. The number of rotatable bonds is 4. The van der Waals surface area contributed by atoms with Crippen molar-refractivity contribution in [3.8, 4) is 5.75 Å². The molecule has 1 aliphatic heterocycles. The average molecular weight is 370 g/mol. The van der Waals surface area contributed by atoms with E-state index in [1.807, 2.05) is 24.3 Å². The number of carbonyl (C=O) groups excluding carboxylic acids is 1. The molecule has 0 radical (unpaired) electrons. The zero-order valence-corrected chi connectivity index (χ0v) is 15.2. The van der Waals surface area contributed by atoms with E-state index in [2.05, 4.69) is 4.90 Å². The molecular weight excluding hydrogens is 348 g/mol. The minimum Gasteiger partial charge on any atom is -0.507 e. The van der Waals surface area contributed by atoms with Gasteiger partial charge in [-0.1, -0.05) is 24.3 Å². The standard InChI is InChI=1S/C20H22N2O5/c1-2-26-20(24)16-15-14(11-22-7-9-25-10-8-22)17(23)12-5-3-4-6-13(12)18(15)27-19(16)21/h3-6,23H,2,7-11,21H2,1H3. The normalized spacial score (nSPS) is 15.4. The van der Waals surface area contributed by atoms with Crippen LogP contribution in [-0.4, -0.2) is 48.9 Å². The van der Waals surface area contributed by atoms with Crippen LogP contribution >= 0.6 is 0 Å². The number of fused-ring (bicyclic) bond motifs is 3. The van der Waals surface area contributed by atoms with Crippen molar-refractivity contribution >= 4 is 33.6 Å². The number of phenolic OH excluding ortho intramolecular Hbond substituents is 1. The van der Waals surface area contributed by atoms with Gasteiger partial charge in [-0.2, -0.15) is 0 Å². The average Bonchev–Trinajstić information content (AvgIpc) is 3.03. The second kappa shape index (κ2) is 7.09. The van der Waals surface area contributed by atoms with Crippen LogP contribution in [0.3, 0.4) is 0 Å². The summed E-state index contributed by atoms with van der Waals surface area (Å²) < 4.78 is 16.4. The number of anilines is 1. The van der Waals surface area contributed by atoms with Gasteiger partial charge in [-0.05, 0) is 6.92 Å². The summed E-state index contributed by atoms with van der Waals surface area (Å²) in [5, 5.41) is 12.9. The number of morpholine rings is 1. The molecule has 1 aliphatic rings. The van der Waals surface area contributed by atoms with Gasteiger partial charge in [0.1, 0.15) is 16.9 Å². The quantitative estimate of drug-likeness (QED) is 0.681. The number of carbonyl (C=O) groups is 1. The summed E-state index contributed by atoms with van der Waals surface area (Å²) in [7, 11) is 0. The van der Waals surface area contributed by atoms with Gasteiger partial charge in [-0.25, -0.2) is 4.79 Å². The number of nitrogens with zero attached hydrogens (tertiary/aromatic N) is 1. The molecule has 1 fully saturated rings. The van der Waals surface area contributed by atoms with Gasteiger partial charge in [0.2, 0.25) is 5.88 Å². The lowest BCUT2D eigenvalue weighted by molar-refractivity contribution is 0.0340. The molecule has 2 heterocycles. The van der Waals surface area contributed by atoms with E-state index in [1.165, 1.54) is 0 Å². The first-order valence-electron chi connectivity index (χ1n) is 9.03. The summed E-state index contributed by atoms with van der Waals surface area (Å²) in [6.07, 6.45) is 0. The maximum atomic E-state index is 12.6. The minimum absolute atomic E-state index is 0.00225. The largest absolute Gasteiger partial charge is 0.507 e. The molecule has 1 saturated heterocycles. The van der Waals surface area contributed by atoms with E-state index in [0.29, 0.717) is 47.1 Å². The van der Waals surface area contributed by atoms with Crippen molar-refractivity contribution in [1.29, 1.82) is 0 Å². The number of esters is 1. The Balaban J connectivity index is 1.99. The van der Waals surface area contributed by atoms with Gasteiger partial charge in [0.15, 0.2) is 0 Å². The molecule has 3 N–H and O–H groups in total. The van der Waals surface area contributed by atoms with Crippen LogP contribution in [0, 0.1) is 0 Å². The molecule has 7 heteroatoms. The molecule has 1 aromatic heterocycles. The summed E-state index contributed by atoms with van der Waals surface area (Å²) in [6.45, 7) is 5.18. The molecule has 4 rings (SSSR count). The van der Waals surface area contributed by atoms with E-state index in [1.54, 1.807) is 6.92 Å². The van der Waals surface area contributed by atoms with E-state index < -0.39 is 5.97 Å². The minimum atomic E-state index is -0.549. The van der Waals surface area contributed by atoms with Crippen LogP contribution in [-0.2, 0) is 16.0 Å². The number of hydrogen-bond acceptors (Lipinski definition) is 7. The third kappa shape index (κ3) is 2.98. The van der Waals surface area contributed by atoms with Gasteiger partial charge in [0, 0.05) is 41.4 Å². The molecule has 0 unspecified atom stereocenters. The van der Waals surface area contributed by atoms with E-state index in [-0.39, 0.29) is 23.8 Å². The second-order valence-corrected chi connectivity index (χ2v) is 6.53. The van der Waals surface area contributed by atoms with Crippen molar-refractivity contribution in [2.75, 3.05) is 38.6 Å². The number of nitrogens with two attached hydrogens (primary N) is 1. The number of aromatic hydroxyl groups is 1. The molecule has 0 saturated carbocycles. The van der Waals surface area contributed by atoms with Crippen LogP contribution in [0.5, 0.6) is 5.75 Å². The SMILES string of the molecule is CCOC(=O)c1c(N)oc2c1c(CN1CCOCC1)c(O)c1ccccc12. The fourth-order valence-electron chi connectivity index (χ4n) is 3.64. The summed E-state index contributed by atoms with van der Waals surface area (Å²) in [6, 6.07) is 7.38. The highest BCUT2D eigenvalue weighted by molar-refractivity contribution is 6.18. The van der Waals surface area contributed by atoms with Crippen molar-refractivity contribution in [3.05, 3.63) is 35.4 Å². The summed E-state index contributed by atoms with van der Waals surface area (Å²) in [5.74, 6) is -0.412. The molecule has 0 bridgehead atoms. The summed E-state index contributed by atoms with van der Waals surface area (Å²) >= 11 is 0. The highest BCUT2D eigenvalue weighted by Gasteiger charge is 2.28. The third-order valence-electron chi connectivity index (χ3n) is 4.91. The maximum absolute atomic E-state index is 12.6. The van der Waals surface area contributed by atoms with Gasteiger partial charge in [-0.3, -0.25) is 4.90 Å². The molecule has 2 aromatic carbocycles. The van der Waals surface area contributed by atoms with Crippen LogP contribution in [0.2, 0.25) is 0 Å². The number of ether oxygens (including phenoxy) is 2. The summed E-state index contributed by atoms with van der Waals surface area (Å²) in [5.41, 5.74) is 7.33. The zero-order valence-electron chi connectivity index (χ0n) is 15.2. The second-order valence-electron chi connectivity index (χ2n) is 6.53. The maximum Gasteiger partial charge on any atom is 0.344 e. The van der Waals surface area contributed by atoms with Crippen molar-refractivity contribution in [3.63, 3.8) is 0 Å². The number of benzene rings is 2. The number of furan rings is 1. The first-order valence-corrected chi connectivity index (χ1v) is 9.03. The fourth-order valence-corrected chi connectivity index (χ4v) is 3.64. The van der Waals surface area contributed by atoms with Gasteiger partial charge >= 0.3 is 5.97 Å². The fraction of sp³-hybridized carbons (Fsp3) is 0.350. The van der Waals surface area contributed by atoms with Crippen LogP contribution in [0.4, 0.5) is 5.88 Å². The number of nitrogen functional groups attached to an aromatic ring is 1. The number of phenols is 1. The van der Waals surface area contributed by atoms with Gasteiger partial charge < -0.3 is 24.7 Å². The van der Waals surface area contributed by atoms with Crippen LogP contribution in [0.15, 0.2) is 28.7 Å².